The highest BCUT2D eigenvalue weighted by atomic mass is 79.9. The summed E-state index contributed by atoms with van der Waals surface area (Å²) >= 11 is 3.01. The van der Waals surface area contributed by atoms with Crippen molar-refractivity contribution in [1.29, 1.82) is 0 Å². The van der Waals surface area contributed by atoms with Gasteiger partial charge in [0.25, 0.3) is 0 Å². The Balaban J connectivity index is 3.13. The van der Waals surface area contributed by atoms with Gasteiger partial charge in [0.05, 0.1) is 6.42 Å². The Morgan fingerprint density at radius 2 is 2.43 bits per heavy atom. The molecule has 0 radical (unpaired) electrons. The number of carbonyl (C=O) groups excluding carboxylic acids is 1. The van der Waals surface area contributed by atoms with Crippen LogP contribution in [0.3, 0.4) is 0 Å². The normalized spacial score (nSPS) is 13.6. The smallest absolute Gasteiger partial charge is 0.261 e. The lowest BCUT2D eigenvalue weighted by atomic mass is 10.4. The van der Waals surface area contributed by atoms with Crippen molar-refractivity contribution in [2.75, 3.05) is 0 Å². The fourth-order valence-electron chi connectivity index (χ4n) is 0.221. The van der Waals surface area contributed by atoms with Crippen LogP contribution in [0.25, 0.3) is 0 Å². The molecule has 0 aromatic heterocycles. The van der Waals surface area contributed by atoms with E-state index in [1.165, 1.54) is 0 Å². The van der Waals surface area contributed by atoms with Crippen LogP contribution in [0, 0.1) is 0 Å². The summed E-state index contributed by atoms with van der Waals surface area (Å²) in [7, 11) is 0. The van der Waals surface area contributed by atoms with Crippen molar-refractivity contribution >= 4 is 22.0 Å². The summed E-state index contributed by atoms with van der Waals surface area (Å²) in [4.78, 5) is 9.52. The Bertz CT molecular complexity index is 72.1. The summed E-state index contributed by atoms with van der Waals surface area (Å²) in [5.74, 6) is 0. The average molecular weight is 169 g/mol. The molecule has 0 aliphatic rings. The first-order valence-electron chi connectivity index (χ1n) is 1.95. The zero-order valence-corrected chi connectivity index (χ0v) is 5.53. The quantitative estimate of drug-likeness (QED) is 0.453. The highest BCUT2D eigenvalue weighted by Gasteiger charge is 2.01. The largest absolute Gasteiger partial charge is 0.302 e. The molecule has 0 aromatic carbocycles. The average Bonchev–Trinajstić information content (AvgIpc) is 1.27. The van der Waals surface area contributed by atoms with Crippen molar-refractivity contribution in [3.8, 4) is 0 Å². The van der Waals surface area contributed by atoms with Crippen molar-refractivity contribution in [3.63, 3.8) is 0 Å². The van der Waals surface area contributed by atoms with E-state index in [1.54, 1.807) is 6.92 Å². The minimum Gasteiger partial charge on any atom is -0.261 e. The van der Waals surface area contributed by atoms with Crippen LogP contribution >= 0.6 is 15.9 Å². The lowest BCUT2D eigenvalue weighted by Crippen LogP contribution is -1.96. The Kier molecular flexibility index (Phi) is 3.17. The molecule has 0 heterocycles. The van der Waals surface area contributed by atoms with E-state index in [4.69, 9.17) is 0 Å². The predicted molar refractivity (Wildman–Crippen MR) is 29.1 cm³/mol. The van der Waals surface area contributed by atoms with Gasteiger partial charge in [0.1, 0.15) is 0 Å². The Labute approximate surface area is 50.0 Å². The van der Waals surface area contributed by atoms with Gasteiger partial charge in [-0.1, -0.05) is 22.9 Å². The zero-order chi connectivity index (χ0) is 5.86. The van der Waals surface area contributed by atoms with Gasteiger partial charge in [0, 0.05) is 4.83 Å². The van der Waals surface area contributed by atoms with Crippen LogP contribution in [-0.2, 0) is 4.79 Å². The van der Waals surface area contributed by atoms with Crippen molar-refractivity contribution in [3.05, 3.63) is 0 Å². The molecule has 1 atom stereocenters. The molecule has 0 fully saturated rings. The summed E-state index contributed by atoms with van der Waals surface area (Å²) in [5.41, 5.74) is 0. The highest BCUT2D eigenvalue weighted by molar-refractivity contribution is 9.09. The van der Waals surface area contributed by atoms with Crippen LogP contribution in [0.1, 0.15) is 13.3 Å². The van der Waals surface area contributed by atoms with E-state index in [-0.39, 0.29) is 11.2 Å². The third-order valence-electron chi connectivity index (χ3n) is 0.442. The van der Waals surface area contributed by atoms with Crippen LogP contribution in [0.15, 0.2) is 0 Å². The second-order valence-corrected chi connectivity index (χ2v) is 2.90. The summed E-state index contributed by atoms with van der Waals surface area (Å²) in [6.07, 6.45) is -0.0278. The molecule has 0 amide bonds. The van der Waals surface area contributed by atoms with Crippen LogP contribution in [-0.4, -0.2) is 10.9 Å². The topological polar surface area (TPSA) is 17.1 Å². The molecule has 0 N–H and O–H groups in total. The molecule has 0 aromatic rings. The van der Waals surface area contributed by atoms with Gasteiger partial charge in [0.2, 0.25) is 0 Å². The van der Waals surface area contributed by atoms with E-state index in [0.29, 0.717) is 0 Å². The van der Waals surface area contributed by atoms with Crippen molar-refractivity contribution in [1.82, 2.24) is 0 Å². The zero-order valence-electron chi connectivity index (χ0n) is 3.95. The molecule has 1 unspecified atom stereocenters. The SMILES string of the molecule is CC(Br)CC(=O)F. The van der Waals surface area contributed by atoms with E-state index in [0.717, 1.165) is 0 Å². The van der Waals surface area contributed by atoms with Crippen molar-refractivity contribution in [2.24, 2.45) is 0 Å². The first-order chi connectivity index (χ1) is 3.13. The minimum atomic E-state index is -1.26. The highest BCUT2D eigenvalue weighted by Crippen LogP contribution is 2.02. The molecule has 0 aliphatic carbocycles. The van der Waals surface area contributed by atoms with E-state index in [2.05, 4.69) is 15.9 Å². The number of carbonyl (C=O) groups is 1. The lowest BCUT2D eigenvalue weighted by Gasteiger charge is -1.90. The fraction of sp³-hybridized carbons (Fsp3) is 0.750. The third kappa shape index (κ3) is 6.08. The van der Waals surface area contributed by atoms with Gasteiger partial charge < -0.3 is 0 Å². The number of alkyl halides is 1. The third-order valence-corrected chi connectivity index (χ3v) is 0.766. The first-order valence-corrected chi connectivity index (χ1v) is 2.87. The number of halogens is 2. The molecule has 7 heavy (non-hydrogen) atoms. The van der Waals surface area contributed by atoms with Gasteiger partial charge in [-0.25, -0.2) is 0 Å². The van der Waals surface area contributed by atoms with E-state index in [1.807, 2.05) is 0 Å². The molecule has 0 aliphatic heterocycles. The maximum Gasteiger partial charge on any atom is 0.302 e. The molecular weight excluding hydrogens is 163 g/mol. The molecule has 0 saturated carbocycles. The molecule has 0 rings (SSSR count). The van der Waals surface area contributed by atoms with Gasteiger partial charge in [-0.3, -0.25) is 4.79 Å². The van der Waals surface area contributed by atoms with Crippen molar-refractivity contribution in [2.45, 2.75) is 18.2 Å². The minimum absolute atomic E-state index is 0.0278. The van der Waals surface area contributed by atoms with E-state index >= 15 is 0 Å². The fourth-order valence-corrected chi connectivity index (χ4v) is 0.476. The Hall–Kier alpha value is 0.0800. The number of hydrogen-bond acceptors (Lipinski definition) is 1. The predicted octanol–water partition coefficient (Wildman–Crippen LogP) is 1.66. The van der Waals surface area contributed by atoms with Crippen molar-refractivity contribution < 1.29 is 9.18 Å². The lowest BCUT2D eigenvalue weighted by molar-refractivity contribution is -0.129. The Morgan fingerprint density at radius 1 is 2.00 bits per heavy atom. The maximum absolute atomic E-state index is 11.3. The second-order valence-electron chi connectivity index (χ2n) is 1.34. The summed E-state index contributed by atoms with van der Waals surface area (Å²) < 4.78 is 11.3. The van der Waals surface area contributed by atoms with Gasteiger partial charge in [0.15, 0.2) is 0 Å². The van der Waals surface area contributed by atoms with Gasteiger partial charge in [-0.05, 0) is 0 Å². The van der Waals surface area contributed by atoms with Crippen LogP contribution < -0.4 is 0 Å². The van der Waals surface area contributed by atoms with Gasteiger partial charge in [-0.15, -0.1) is 0 Å². The molecule has 0 spiro atoms. The molecule has 42 valence electrons. The Morgan fingerprint density at radius 3 is 2.43 bits per heavy atom. The molecule has 1 nitrogen and oxygen atoms in total. The second kappa shape index (κ2) is 3.13. The number of rotatable bonds is 2. The van der Waals surface area contributed by atoms with Crippen LogP contribution in [0.2, 0.25) is 0 Å². The molecule has 0 bridgehead atoms. The van der Waals surface area contributed by atoms with Crippen LogP contribution in [0.4, 0.5) is 4.39 Å². The first kappa shape index (κ1) is 7.08. The van der Waals surface area contributed by atoms with Gasteiger partial charge >= 0.3 is 6.04 Å². The monoisotopic (exact) mass is 168 g/mol. The number of hydrogen-bond donors (Lipinski definition) is 0. The summed E-state index contributed by atoms with van der Waals surface area (Å²) in [6.45, 7) is 1.72. The molecular formula is C4H6BrFO. The molecule has 0 saturated heterocycles. The van der Waals surface area contributed by atoms with Gasteiger partial charge in [-0.2, -0.15) is 4.39 Å². The molecule has 3 heteroatoms. The summed E-state index contributed by atoms with van der Waals surface area (Å²) in [5, 5.41) is 0. The van der Waals surface area contributed by atoms with Crippen LogP contribution in [0.5, 0.6) is 0 Å². The maximum atomic E-state index is 11.3. The van der Waals surface area contributed by atoms with E-state index < -0.39 is 6.04 Å². The van der Waals surface area contributed by atoms with E-state index in [9.17, 15) is 9.18 Å². The standard InChI is InChI=1S/C4H6BrFO/c1-3(5)2-4(6)7/h3H,2H2,1H3. The summed E-state index contributed by atoms with van der Waals surface area (Å²) in [6, 6.07) is -1.26.